The van der Waals surface area contributed by atoms with Crippen LogP contribution in [0.2, 0.25) is 0 Å². The molecule has 0 bridgehead atoms. The van der Waals surface area contributed by atoms with Gasteiger partial charge in [0.1, 0.15) is 17.1 Å². The highest BCUT2D eigenvalue weighted by Crippen LogP contribution is 2.18. The minimum atomic E-state index is -3.97. The van der Waals surface area contributed by atoms with E-state index in [0.717, 1.165) is 5.56 Å². The minimum absolute atomic E-state index is 0.114. The molecule has 9 nitrogen and oxygen atoms in total. The zero-order valence-corrected chi connectivity index (χ0v) is 16.0. The highest BCUT2D eigenvalue weighted by atomic mass is 32.2. The molecule has 0 aliphatic heterocycles. The van der Waals surface area contributed by atoms with E-state index in [1.165, 1.54) is 13.8 Å². The maximum atomic E-state index is 12.2. The summed E-state index contributed by atoms with van der Waals surface area (Å²) in [5, 5.41) is 6.24. The van der Waals surface area contributed by atoms with Crippen molar-refractivity contribution < 1.29 is 27.3 Å². The molecule has 1 heterocycles. The third-order valence-corrected chi connectivity index (χ3v) is 5.33. The number of sulfonamides is 1. The molecule has 0 aliphatic carbocycles. The Morgan fingerprint density at radius 1 is 1.22 bits per heavy atom. The van der Waals surface area contributed by atoms with Gasteiger partial charge in [0, 0.05) is 0 Å². The lowest BCUT2D eigenvalue weighted by Gasteiger charge is -2.14. The number of ether oxygens (including phenoxy) is 1. The second-order valence-electron chi connectivity index (χ2n) is 5.84. The Hall–Kier alpha value is -2.72. The minimum Gasteiger partial charge on any atom is -0.455 e. The van der Waals surface area contributed by atoms with Gasteiger partial charge >= 0.3 is 5.97 Å². The smallest absolute Gasteiger partial charge is 0.321 e. The van der Waals surface area contributed by atoms with Gasteiger partial charge in [-0.2, -0.15) is 4.72 Å². The summed E-state index contributed by atoms with van der Waals surface area (Å²) in [6.45, 7) is 3.59. The van der Waals surface area contributed by atoms with Gasteiger partial charge in [-0.3, -0.25) is 9.59 Å². The van der Waals surface area contributed by atoms with Crippen molar-refractivity contribution in [2.75, 3.05) is 13.2 Å². The number of amides is 1. The molecule has 146 valence electrons. The number of esters is 1. The molecule has 0 saturated carbocycles. The van der Waals surface area contributed by atoms with E-state index in [4.69, 9.17) is 9.26 Å². The van der Waals surface area contributed by atoms with Gasteiger partial charge in [0.2, 0.25) is 10.0 Å². The van der Waals surface area contributed by atoms with Crippen molar-refractivity contribution in [3.05, 3.63) is 47.3 Å². The fraction of sp³-hybridized carbons (Fsp3) is 0.353. The summed E-state index contributed by atoms with van der Waals surface area (Å²) in [4.78, 5) is 23.5. The van der Waals surface area contributed by atoms with Crippen LogP contribution in [-0.4, -0.2) is 38.6 Å². The molecule has 2 N–H and O–H groups in total. The van der Waals surface area contributed by atoms with Crippen LogP contribution in [0.1, 0.15) is 30.0 Å². The Bertz CT molecular complexity index is 889. The summed E-state index contributed by atoms with van der Waals surface area (Å²) in [6.07, 6.45) is 0. The first-order chi connectivity index (χ1) is 12.7. The largest absolute Gasteiger partial charge is 0.455 e. The average Bonchev–Trinajstić information content (AvgIpc) is 2.98. The number of carbonyl (C=O) groups is 2. The van der Waals surface area contributed by atoms with Crippen LogP contribution in [0.3, 0.4) is 0 Å². The monoisotopic (exact) mass is 395 g/mol. The molecule has 0 saturated heterocycles. The summed E-state index contributed by atoms with van der Waals surface area (Å²) in [5.41, 5.74) is 1.09. The van der Waals surface area contributed by atoms with Crippen LogP contribution >= 0.6 is 0 Å². The fourth-order valence-electron chi connectivity index (χ4n) is 2.39. The van der Waals surface area contributed by atoms with Crippen molar-refractivity contribution in [3.63, 3.8) is 0 Å². The molecular formula is C17H21N3O6S. The van der Waals surface area contributed by atoms with Crippen molar-refractivity contribution in [1.29, 1.82) is 0 Å². The van der Waals surface area contributed by atoms with E-state index in [1.807, 2.05) is 30.3 Å². The average molecular weight is 395 g/mol. The highest BCUT2D eigenvalue weighted by molar-refractivity contribution is 7.89. The van der Waals surface area contributed by atoms with Crippen LogP contribution in [0.4, 0.5) is 0 Å². The van der Waals surface area contributed by atoms with Gasteiger partial charge in [-0.05, 0) is 26.3 Å². The molecule has 0 unspecified atom stereocenters. The van der Waals surface area contributed by atoms with Gasteiger partial charge in [-0.25, -0.2) is 8.42 Å². The van der Waals surface area contributed by atoms with E-state index in [-0.39, 0.29) is 22.4 Å². The van der Waals surface area contributed by atoms with E-state index in [0.29, 0.717) is 0 Å². The van der Waals surface area contributed by atoms with Crippen molar-refractivity contribution in [1.82, 2.24) is 15.2 Å². The number of nitrogens with zero attached hydrogens (tertiary/aromatic N) is 1. The number of carbonyl (C=O) groups excluding carboxylic acids is 2. The van der Waals surface area contributed by atoms with Crippen molar-refractivity contribution in [2.24, 2.45) is 0 Å². The fourth-order valence-corrected chi connectivity index (χ4v) is 3.68. The summed E-state index contributed by atoms with van der Waals surface area (Å²) < 4.78 is 36.1. The first-order valence-corrected chi connectivity index (χ1v) is 9.61. The zero-order chi connectivity index (χ0) is 20.0. The van der Waals surface area contributed by atoms with Gasteiger partial charge in [0.05, 0.1) is 6.04 Å². The normalized spacial score (nSPS) is 12.4. The topological polar surface area (TPSA) is 128 Å². The molecule has 1 aromatic heterocycles. The van der Waals surface area contributed by atoms with Crippen LogP contribution in [0.25, 0.3) is 0 Å². The number of nitrogens with one attached hydrogen (secondary N) is 2. The summed E-state index contributed by atoms with van der Waals surface area (Å²) in [6, 6.07) is 9.03. The third kappa shape index (κ3) is 5.63. The Morgan fingerprint density at radius 2 is 1.89 bits per heavy atom. The molecule has 10 heteroatoms. The molecule has 0 aliphatic rings. The number of hydrogen-bond donors (Lipinski definition) is 2. The molecule has 1 atom stereocenters. The van der Waals surface area contributed by atoms with Crippen molar-refractivity contribution in [2.45, 2.75) is 31.7 Å². The summed E-state index contributed by atoms with van der Waals surface area (Å²) in [7, 11) is -3.97. The van der Waals surface area contributed by atoms with Crippen molar-refractivity contribution >= 4 is 21.9 Å². The molecule has 27 heavy (non-hydrogen) atoms. The Balaban J connectivity index is 1.80. The summed E-state index contributed by atoms with van der Waals surface area (Å²) in [5.74, 6) is -1.26. The van der Waals surface area contributed by atoms with Crippen molar-refractivity contribution in [3.8, 4) is 0 Å². The lowest BCUT2D eigenvalue weighted by molar-refractivity contribution is -0.147. The molecule has 1 amide bonds. The van der Waals surface area contributed by atoms with Crippen LogP contribution in [0, 0.1) is 13.8 Å². The van der Waals surface area contributed by atoms with Crippen LogP contribution in [0.15, 0.2) is 39.8 Å². The van der Waals surface area contributed by atoms with E-state index in [9.17, 15) is 18.0 Å². The highest BCUT2D eigenvalue weighted by Gasteiger charge is 2.25. The van der Waals surface area contributed by atoms with Gasteiger partial charge < -0.3 is 14.6 Å². The third-order valence-electron chi connectivity index (χ3n) is 3.68. The van der Waals surface area contributed by atoms with Gasteiger partial charge in [0.25, 0.3) is 5.91 Å². The Morgan fingerprint density at radius 3 is 2.48 bits per heavy atom. The zero-order valence-electron chi connectivity index (χ0n) is 15.2. The quantitative estimate of drug-likeness (QED) is 0.638. The lowest BCUT2D eigenvalue weighted by atomic mass is 10.1. The van der Waals surface area contributed by atoms with Gasteiger partial charge in [-0.15, -0.1) is 0 Å². The number of benzene rings is 1. The maximum absolute atomic E-state index is 12.2. The lowest BCUT2D eigenvalue weighted by Crippen LogP contribution is -2.35. The molecule has 0 fully saturated rings. The van der Waals surface area contributed by atoms with Crippen LogP contribution in [-0.2, 0) is 24.3 Å². The first kappa shape index (κ1) is 20.6. The predicted molar refractivity (Wildman–Crippen MR) is 95.1 cm³/mol. The molecular weight excluding hydrogens is 374 g/mol. The second-order valence-corrected chi connectivity index (χ2v) is 7.54. The maximum Gasteiger partial charge on any atom is 0.321 e. The SMILES string of the molecule is Cc1noc(C)c1S(=O)(=O)NCC(=O)OCC(=O)N[C@H](C)c1ccccc1. The predicted octanol–water partition coefficient (Wildman–Crippen LogP) is 0.990. The standard InChI is InChI=1S/C17H21N3O6S/c1-11(14-7-5-4-6-8-14)19-15(21)10-25-16(22)9-18-27(23,24)17-12(2)20-26-13(17)3/h4-8,11,18H,9-10H2,1-3H3,(H,19,21)/t11-/m1/s1. The second kappa shape index (κ2) is 8.78. The number of hydrogen-bond acceptors (Lipinski definition) is 7. The van der Waals surface area contributed by atoms with E-state index >= 15 is 0 Å². The Labute approximate surface area is 157 Å². The molecule has 2 rings (SSSR count). The number of aryl methyl sites for hydroxylation is 2. The first-order valence-electron chi connectivity index (χ1n) is 8.13. The molecule has 0 spiro atoms. The summed E-state index contributed by atoms with van der Waals surface area (Å²) >= 11 is 0. The van der Waals surface area contributed by atoms with Gasteiger partial charge in [0.15, 0.2) is 12.4 Å². The van der Waals surface area contributed by atoms with Crippen LogP contribution in [0.5, 0.6) is 0 Å². The number of rotatable bonds is 8. The van der Waals surface area contributed by atoms with E-state index in [1.54, 1.807) is 6.92 Å². The molecule has 1 aromatic carbocycles. The molecule has 2 aromatic rings. The van der Waals surface area contributed by atoms with E-state index in [2.05, 4.69) is 15.2 Å². The van der Waals surface area contributed by atoms with Gasteiger partial charge in [-0.1, -0.05) is 35.5 Å². The number of aromatic nitrogens is 1. The van der Waals surface area contributed by atoms with E-state index < -0.39 is 35.1 Å². The molecule has 0 radical (unpaired) electrons. The van der Waals surface area contributed by atoms with Crippen LogP contribution < -0.4 is 10.0 Å². The Kier molecular flexibility index (Phi) is 6.70.